The largest absolute Gasteiger partial charge is 0.377 e. The van der Waals surface area contributed by atoms with Gasteiger partial charge in [0.2, 0.25) is 10.0 Å². The van der Waals surface area contributed by atoms with E-state index in [9.17, 15) is 8.42 Å². The van der Waals surface area contributed by atoms with Crippen LogP contribution in [0.25, 0.3) is 0 Å². The molecular weight excluding hydrogens is 304 g/mol. The van der Waals surface area contributed by atoms with E-state index >= 15 is 0 Å². The SMILES string of the molecule is CC(C)NS(=O)(=O)c1ccccc1NC(C)c1ccsc1. The third kappa shape index (κ3) is 4.06. The number of para-hydroxylation sites is 1. The second-order valence-corrected chi connectivity index (χ2v) is 7.66. The van der Waals surface area contributed by atoms with Crippen LogP contribution in [0.5, 0.6) is 0 Å². The van der Waals surface area contributed by atoms with Crippen LogP contribution in [0.3, 0.4) is 0 Å². The van der Waals surface area contributed by atoms with E-state index in [-0.39, 0.29) is 17.0 Å². The zero-order chi connectivity index (χ0) is 15.5. The fraction of sp³-hybridized carbons (Fsp3) is 0.333. The van der Waals surface area contributed by atoms with Gasteiger partial charge < -0.3 is 5.32 Å². The quantitative estimate of drug-likeness (QED) is 0.853. The first kappa shape index (κ1) is 16.0. The van der Waals surface area contributed by atoms with Crippen LogP contribution in [0.2, 0.25) is 0 Å². The zero-order valence-electron chi connectivity index (χ0n) is 12.3. The number of benzene rings is 1. The van der Waals surface area contributed by atoms with Gasteiger partial charge in [-0.2, -0.15) is 11.3 Å². The number of sulfonamides is 1. The monoisotopic (exact) mass is 324 g/mol. The Bertz CT molecular complexity index is 679. The van der Waals surface area contributed by atoms with Crippen LogP contribution >= 0.6 is 11.3 Å². The van der Waals surface area contributed by atoms with Gasteiger partial charge in [-0.05, 0) is 55.3 Å². The topological polar surface area (TPSA) is 58.2 Å². The third-order valence-corrected chi connectivity index (χ3v) is 5.40. The molecule has 1 atom stereocenters. The van der Waals surface area contributed by atoms with Crippen molar-refractivity contribution < 1.29 is 8.42 Å². The van der Waals surface area contributed by atoms with E-state index in [0.29, 0.717) is 5.69 Å². The second kappa shape index (κ2) is 6.60. The van der Waals surface area contributed by atoms with Gasteiger partial charge in [-0.25, -0.2) is 13.1 Å². The van der Waals surface area contributed by atoms with Gasteiger partial charge >= 0.3 is 0 Å². The van der Waals surface area contributed by atoms with Gasteiger partial charge in [-0.15, -0.1) is 0 Å². The highest BCUT2D eigenvalue weighted by Gasteiger charge is 2.20. The summed E-state index contributed by atoms with van der Waals surface area (Å²) in [5.74, 6) is 0. The summed E-state index contributed by atoms with van der Waals surface area (Å²) in [6.45, 7) is 5.63. The van der Waals surface area contributed by atoms with Crippen molar-refractivity contribution in [2.75, 3.05) is 5.32 Å². The first-order chi connectivity index (χ1) is 9.90. The van der Waals surface area contributed by atoms with Gasteiger partial charge in [-0.1, -0.05) is 12.1 Å². The molecule has 2 aromatic rings. The minimum absolute atomic E-state index is 0.0478. The summed E-state index contributed by atoms with van der Waals surface area (Å²) < 4.78 is 27.4. The highest BCUT2D eigenvalue weighted by Crippen LogP contribution is 2.26. The van der Waals surface area contributed by atoms with E-state index in [1.165, 1.54) is 0 Å². The summed E-state index contributed by atoms with van der Waals surface area (Å²) >= 11 is 1.63. The Hall–Kier alpha value is -1.37. The maximum Gasteiger partial charge on any atom is 0.242 e. The van der Waals surface area contributed by atoms with E-state index in [1.807, 2.05) is 38.3 Å². The fourth-order valence-electron chi connectivity index (χ4n) is 2.03. The van der Waals surface area contributed by atoms with Crippen molar-refractivity contribution in [3.05, 3.63) is 46.7 Å². The molecule has 0 saturated carbocycles. The molecule has 0 saturated heterocycles. The van der Waals surface area contributed by atoms with Crippen molar-refractivity contribution >= 4 is 27.0 Å². The predicted molar refractivity (Wildman–Crippen MR) is 88.3 cm³/mol. The lowest BCUT2D eigenvalue weighted by Gasteiger charge is -2.18. The number of hydrogen-bond donors (Lipinski definition) is 2. The Morgan fingerprint density at radius 2 is 1.81 bits per heavy atom. The van der Waals surface area contributed by atoms with Crippen LogP contribution < -0.4 is 10.0 Å². The molecule has 21 heavy (non-hydrogen) atoms. The van der Waals surface area contributed by atoms with Crippen LogP contribution in [0, 0.1) is 0 Å². The van der Waals surface area contributed by atoms with Crippen molar-refractivity contribution in [2.24, 2.45) is 0 Å². The smallest absolute Gasteiger partial charge is 0.242 e. The zero-order valence-corrected chi connectivity index (χ0v) is 14.0. The second-order valence-electron chi connectivity index (χ2n) is 5.19. The van der Waals surface area contributed by atoms with Crippen molar-refractivity contribution in [1.82, 2.24) is 4.72 Å². The van der Waals surface area contributed by atoms with Gasteiger partial charge in [0, 0.05) is 12.1 Å². The highest BCUT2D eigenvalue weighted by atomic mass is 32.2. The fourth-order valence-corrected chi connectivity index (χ4v) is 4.21. The summed E-state index contributed by atoms with van der Waals surface area (Å²) in [7, 11) is -3.51. The molecule has 114 valence electrons. The van der Waals surface area contributed by atoms with Crippen LogP contribution in [0.1, 0.15) is 32.4 Å². The van der Waals surface area contributed by atoms with Crippen LogP contribution in [0.15, 0.2) is 46.0 Å². The molecule has 0 amide bonds. The van der Waals surface area contributed by atoms with Crippen molar-refractivity contribution in [3.8, 4) is 0 Å². The van der Waals surface area contributed by atoms with E-state index < -0.39 is 10.0 Å². The van der Waals surface area contributed by atoms with Gasteiger partial charge in [0.05, 0.1) is 5.69 Å². The lowest BCUT2D eigenvalue weighted by molar-refractivity contribution is 0.570. The molecule has 0 bridgehead atoms. The first-order valence-corrected chi connectivity index (χ1v) is 9.23. The van der Waals surface area contributed by atoms with Gasteiger partial charge in [0.25, 0.3) is 0 Å². The molecule has 1 aromatic carbocycles. The first-order valence-electron chi connectivity index (χ1n) is 6.80. The molecule has 2 N–H and O–H groups in total. The van der Waals surface area contributed by atoms with Crippen molar-refractivity contribution in [2.45, 2.75) is 37.8 Å². The minimum atomic E-state index is -3.51. The highest BCUT2D eigenvalue weighted by molar-refractivity contribution is 7.89. The van der Waals surface area contributed by atoms with Crippen molar-refractivity contribution in [3.63, 3.8) is 0 Å². The van der Waals surface area contributed by atoms with Gasteiger partial charge in [-0.3, -0.25) is 0 Å². The maximum atomic E-state index is 12.4. The maximum absolute atomic E-state index is 12.4. The Balaban J connectivity index is 2.29. The molecule has 0 aliphatic heterocycles. The molecule has 0 fully saturated rings. The van der Waals surface area contributed by atoms with Gasteiger partial charge in [0.1, 0.15) is 4.90 Å². The molecule has 4 nitrogen and oxygen atoms in total. The van der Waals surface area contributed by atoms with Crippen molar-refractivity contribution in [1.29, 1.82) is 0 Å². The van der Waals surface area contributed by atoms with E-state index in [4.69, 9.17) is 0 Å². The average Bonchev–Trinajstić information content (AvgIpc) is 2.91. The Labute approximate surface area is 130 Å². The van der Waals surface area contributed by atoms with Crippen LogP contribution in [-0.4, -0.2) is 14.5 Å². The molecule has 0 aliphatic rings. The molecule has 2 rings (SSSR count). The number of rotatable bonds is 6. The number of anilines is 1. The molecular formula is C15H20N2O2S2. The number of thiophene rings is 1. The Kier molecular flexibility index (Phi) is 5.03. The lowest BCUT2D eigenvalue weighted by Crippen LogP contribution is -2.30. The van der Waals surface area contributed by atoms with Crippen LogP contribution in [-0.2, 0) is 10.0 Å². The summed E-state index contributed by atoms with van der Waals surface area (Å²) in [5, 5.41) is 7.35. The minimum Gasteiger partial charge on any atom is -0.377 e. The number of nitrogens with one attached hydrogen (secondary N) is 2. The third-order valence-electron chi connectivity index (χ3n) is 2.98. The molecule has 0 aliphatic carbocycles. The Morgan fingerprint density at radius 3 is 2.43 bits per heavy atom. The molecule has 1 unspecified atom stereocenters. The standard InChI is InChI=1S/C15H20N2O2S2/c1-11(2)17-21(18,19)15-7-5-4-6-14(15)16-12(3)13-8-9-20-10-13/h4-12,16-17H,1-3H3. The van der Waals surface area contributed by atoms with E-state index in [2.05, 4.69) is 15.4 Å². The predicted octanol–water partition coefficient (Wildman–Crippen LogP) is 3.61. The van der Waals surface area contributed by atoms with E-state index in [1.54, 1.807) is 29.5 Å². The summed E-state index contributed by atoms with van der Waals surface area (Å²) in [6, 6.07) is 8.91. The van der Waals surface area contributed by atoms with Crippen LogP contribution in [0.4, 0.5) is 5.69 Å². The summed E-state index contributed by atoms with van der Waals surface area (Å²) in [6.07, 6.45) is 0. The normalized spacial score (nSPS) is 13.3. The summed E-state index contributed by atoms with van der Waals surface area (Å²) in [4.78, 5) is 0.278. The van der Waals surface area contributed by atoms with E-state index in [0.717, 1.165) is 5.56 Å². The molecule has 6 heteroatoms. The lowest BCUT2D eigenvalue weighted by atomic mass is 10.1. The van der Waals surface area contributed by atoms with Gasteiger partial charge in [0.15, 0.2) is 0 Å². The molecule has 0 radical (unpaired) electrons. The molecule has 1 aromatic heterocycles. The Morgan fingerprint density at radius 1 is 1.10 bits per heavy atom. The molecule has 1 heterocycles. The molecule has 0 spiro atoms. The average molecular weight is 324 g/mol. The number of hydrogen-bond acceptors (Lipinski definition) is 4. The summed E-state index contributed by atoms with van der Waals surface area (Å²) in [5.41, 5.74) is 1.76.